The van der Waals surface area contributed by atoms with E-state index in [2.05, 4.69) is 36.3 Å². The molecule has 0 aromatic carbocycles. The van der Waals surface area contributed by atoms with Gasteiger partial charge in [0.25, 0.3) is 0 Å². The molecule has 1 aliphatic rings. The SMILES string of the molecule is CC(C)(C)c1nnc(NC(=O)C(N)C2CCOCC2)s1. The summed E-state index contributed by atoms with van der Waals surface area (Å²) in [6.07, 6.45) is 1.66. The number of carbonyl (C=O) groups is 1. The Bertz CT molecular complexity index is 463. The third-order valence-electron chi connectivity index (χ3n) is 3.37. The van der Waals surface area contributed by atoms with Crippen LogP contribution < -0.4 is 11.1 Å². The Hall–Kier alpha value is -1.05. The lowest BCUT2D eigenvalue weighted by Gasteiger charge is -2.26. The van der Waals surface area contributed by atoms with Crippen LogP contribution in [-0.4, -0.2) is 35.4 Å². The van der Waals surface area contributed by atoms with E-state index in [4.69, 9.17) is 10.5 Å². The van der Waals surface area contributed by atoms with Crippen molar-refractivity contribution < 1.29 is 9.53 Å². The van der Waals surface area contributed by atoms with Crippen LogP contribution in [0.3, 0.4) is 0 Å². The second-order valence-electron chi connectivity index (χ2n) is 6.13. The van der Waals surface area contributed by atoms with Gasteiger partial charge >= 0.3 is 0 Å². The van der Waals surface area contributed by atoms with Crippen molar-refractivity contribution in [1.29, 1.82) is 0 Å². The lowest BCUT2D eigenvalue weighted by Crippen LogP contribution is -2.43. The van der Waals surface area contributed by atoms with Crippen LogP contribution in [0.4, 0.5) is 5.13 Å². The highest BCUT2D eigenvalue weighted by Gasteiger charge is 2.27. The Morgan fingerprint density at radius 2 is 2.05 bits per heavy atom. The van der Waals surface area contributed by atoms with Gasteiger partial charge in [-0.2, -0.15) is 0 Å². The number of anilines is 1. The van der Waals surface area contributed by atoms with Gasteiger partial charge in [0.2, 0.25) is 11.0 Å². The molecule has 0 aliphatic carbocycles. The van der Waals surface area contributed by atoms with Crippen molar-refractivity contribution in [2.75, 3.05) is 18.5 Å². The van der Waals surface area contributed by atoms with Crippen LogP contribution in [-0.2, 0) is 14.9 Å². The first-order valence-corrected chi connectivity index (χ1v) is 7.68. The van der Waals surface area contributed by atoms with Gasteiger partial charge in [0, 0.05) is 18.6 Å². The van der Waals surface area contributed by atoms with Crippen LogP contribution in [0.2, 0.25) is 0 Å². The van der Waals surface area contributed by atoms with E-state index >= 15 is 0 Å². The monoisotopic (exact) mass is 298 g/mol. The molecular weight excluding hydrogens is 276 g/mol. The summed E-state index contributed by atoms with van der Waals surface area (Å²) in [5.74, 6) is -0.00716. The van der Waals surface area contributed by atoms with Crippen molar-refractivity contribution >= 4 is 22.4 Å². The minimum atomic E-state index is -0.513. The first kappa shape index (κ1) is 15.3. The zero-order chi connectivity index (χ0) is 14.8. The van der Waals surface area contributed by atoms with Crippen molar-refractivity contribution in [3.05, 3.63) is 5.01 Å². The first-order valence-electron chi connectivity index (χ1n) is 6.86. The quantitative estimate of drug-likeness (QED) is 0.883. The summed E-state index contributed by atoms with van der Waals surface area (Å²) in [4.78, 5) is 12.1. The zero-order valence-electron chi connectivity index (χ0n) is 12.2. The number of amides is 1. The van der Waals surface area contributed by atoms with E-state index in [1.165, 1.54) is 11.3 Å². The van der Waals surface area contributed by atoms with E-state index in [1.807, 2.05) is 0 Å². The molecule has 3 N–H and O–H groups in total. The van der Waals surface area contributed by atoms with E-state index in [-0.39, 0.29) is 17.2 Å². The van der Waals surface area contributed by atoms with Gasteiger partial charge in [-0.25, -0.2) is 0 Å². The second-order valence-corrected chi connectivity index (χ2v) is 7.10. The molecular formula is C13H22N4O2S. The molecule has 0 spiro atoms. The molecule has 0 saturated carbocycles. The fourth-order valence-electron chi connectivity index (χ4n) is 2.05. The third kappa shape index (κ3) is 3.74. The highest BCUT2D eigenvalue weighted by atomic mass is 32.1. The maximum Gasteiger partial charge on any atom is 0.243 e. The molecule has 1 saturated heterocycles. The molecule has 7 heteroatoms. The molecule has 1 atom stereocenters. The fourth-order valence-corrected chi connectivity index (χ4v) is 2.86. The van der Waals surface area contributed by atoms with Gasteiger partial charge in [-0.05, 0) is 18.8 Å². The lowest BCUT2D eigenvalue weighted by atomic mass is 9.92. The summed E-state index contributed by atoms with van der Waals surface area (Å²) in [6, 6.07) is -0.513. The number of hydrogen-bond donors (Lipinski definition) is 2. The molecule has 0 radical (unpaired) electrons. The number of nitrogens with one attached hydrogen (secondary N) is 1. The Morgan fingerprint density at radius 1 is 1.40 bits per heavy atom. The van der Waals surface area contributed by atoms with Crippen LogP contribution in [0.15, 0.2) is 0 Å². The summed E-state index contributed by atoms with van der Waals surface area (Å²) >= 11 is 1.40. The number of rotatable bonds is 3. The molecule has 6 nitrogen and oxygen atoms in total. The van der Waals surface area contributed by atoms with Crippen LogP contribution in [0.25, 0.3) is 0 Å². The number of nitrogens with zero attached hydrogens (tertiary/aromatic N) is 2. The molecule has 112 valence electrons. The number of nitrogens with two attached hydrogens (primary N) is 1. The molecule has 1 unspecified atom stereocenters. The number of ether oxygens (including phenoxy) is 1. The lowest BCUT2D eigenvalue weighted by molar-refractivity contribution is -0.119. The number of carbonyl (C=O) groups excluding carboxylic acids is 1. The Labute approximate surface area is 123 Å². The van der Waals surface area contributed by atoms with E-state index in [0.717, 1.165) is 17.8 Å². The molecule has 1 aliphatic heterocycles. The predicted molar refractivity (Wildman–Crippen MR) is 78.8 cm³/mol. The van der Waals surface area contributed by atoms with Gasteiger partial charge in [-0.1, -0.05) is 32.1 Å². The predicted octanol–water partition coefficient (Wildman–Crippen LogP) is 1.53. The normalized spacial score (nSPS) is 18.8. The van der Waals surface area contributed by atoms with Gasteiger partial charge in [-0.3, -0.25) is 10.1 Å². The number of aromatic nitrogens is 2. The van der Waals surface area contributed by atoms with Crippen LogP contribution >= 0.6 is 11.3 Å². The highest BCUT2D eigenvalue weighted by molar-refractivity contribution is 7.15. The van der Waals surface area contributed by atoms with Crippen molar-refractivity contribution in [3.8, 4) is 0 Å². The van der Waals surface area contributed by atoms with Crippen LogP contribution in [0, 0.1) is 5.92 Å². The molecule has 20 heavy (non-hydrogen) atoms. The van der Waals surface area contributed by atoms with E-state index in [1.54, 1.807) is 0 Å². The summed E-state index contributed by atoms with van der Waals surface area (Å²) in [6.45, 7) is 7.55. The van der Waals surface area contributed by atoms with Gasteiger partial charge in [0.1, 0.15) is 5.01 Å². The molecule has 1 aromatic rings. The molecule has 1 aromatic heterocycles. The summed E-state index contributed by atoms with van der Waals surface area (Å²) in [5, 5.41) is 12.3. The first-order chi connectivity index (χ1) is 9.38. The van der Waals surface area contributed by atoms with Crippen LogP contribution in [0.5, 0.6) is 0 Å². The van der Waals surface area contributed by atoms with Crippen molar-refractivity contribution in [2.45, 2.75) is 45.1 Å². The minimum absolute atomic E-state index is 0.0660. The fraction of sp³-hybridized carbons (Fsp3) is 0.769. The maximum absolute atomic E-state index is 12.1. The third-order valence-corrected chi connectivity index (χ3v) is 4.64. The minimum Gasteiger partial charge on any atom is -0.381 e. The summed E-state index contributed by atoms with van der Waals surface area (Å²) in [7, 11) is 0. The van der Waals surface area contributed by atoms with Gasteiger partial charge in [0.15, 0.2) is 0 Å². The van der Waals surface area contributed by atoms with E-state index < -0.39 is 6.04 Å². The standard InChI is InChI=1S/C13H22N4O2S/c1-13(2,3)11-16-17-12(20-11)15-10(18)9(14)8-4-6-19-7-5-8/h8-9H,4-7,14H2,1-3H3,(H,15,17,18). The molecule has 1 fully saturated rings. The summed E-state index contributed by atoms with van der Waals surface area (Å²) in [5.41, 5.74) is 5.96. The number of hydrogen-bond acceptors (Lipinski definition) is 6. The molecule has 2 heterocycles. The molecule has 0 bridgehead atoms. The topological polar surface area (TPSA) is 90.1 Å². The van der Waals surface area contributed by atoms with Gasteiger partial charge < -0.3 is 10.5 Å². The maximum atomic E-state index is 12.1. The molecule has 1 amide bonds. The Kier molecular flexibility index (Phi) is 4.72. The van der Waals surface area contributed by atoms with E-state index in [9.17, 15) is 4.79 Å². The zero-order valence-corrected chi connectivity index (χ0v) is 13.0. The smallest absolute Gasteiger partial charge is 0.243 e. The summed E-state index contributed by atoms with van der Waals surface area (Å²) < 4.78 is 5.28. The van der Waals surface area contributed by atoms with Gasteiger partial charge in [0.05, 0.1) is 6.04 Å². The molecule has 2 rings (SSSR count). The second kappa shape index (κ2) is 6.15. The average Bonchev–Trinajstić information content (AvgIpc) is 2.87. The Morgan fingerprint density at radius 3 is 2.60 bits per heavy atom. The van der Waals surface area contributed by atoms with Crippen molar-refractivity contribution in [2.24, 2.45) is 11.7 Å². The van der Waals surface area contributed by atoms with Crippen LogP contribution in [0.1, 0.15) is 38.6 Å². The average molecular weight is 298 g/mol. The Balaban J connectivity index is 1.95. The van der Waals surface area contributed by atoms with E-state index in [0.29, 0.717) is 18.3 Å². The largest absolute Gasteiger partial charge is 0.381 e. The van der Waals surface area contributed by atoms with Crippen molar-refractivity contribution in [1.82, 2.24) is 10.2 Å². The van der Waals surface area contributed by atoms with Gasteiger partial charge in [-0.15, -0.1) is 10.2 Å². The highest BCUT2D eigenvalue weighted by Crippen LogP contribution is 2.28. The van der Waals surface area contributed by atoms with Crippen molar-refractivity contribution in [3.63, 3.8) is 0 Å².